The van der Waals surface area contributed by atoms with Crippen LogP contribution in [0.1, 0.15) is 29.1 Å². The molecule has 0 spiro atoms. The summed E-state index contributed by atoms with van der Waals surface area (Å²) in [5.74, 6) is -0.535. The first kappa shape index (κ1) is 18.2. The Morgan fingerprint density at radius 2 is 1.96 bits per heavy atom. The number of quaternary nitrogens is 1. The molecule has 0 aliphatic carbocycles. The van der Waals surface area contributed by atoms with Crippen LogP contribution >= 0.6 is 11.3 Å². The highest BCUT2D eigenvalue weighted by molar-refractivity contribution is 7.09. The lowest BCUT2D eigenvalue weighted by Gasteiger charge is -2.17. The molecule has 6 heteroatoms. The number of amides is 1. The van der Waals surface area contributed by atoms with E-state index < -0.39 is 5.97 Å². The van der Waals surface area contributed by atoms with E-state index in [1.807, 2.05) is 11.4 Å². The summed E-state index contributed by atoms with van der Waals surface area (Å²) in [5.41, 5.74) is 0.872. The Morgan fingerprint density at radius 3 is 2.62 bits per heavy atom. The van der Waals surface area contributed by atoms with Crippen LogP contribution in [-0.4, -0.2) is 31.6 Å². The lowest BCUT2D eigenvalue weighted by molar-refractivity contribution is -0.903. The van der Waals surface area contributed by atoms with Crippen LogP contribution in [0.25, 0.3) is 0 Å². The van der Waals surface area contributed by atoms with E-state index in [1.54, 1.807) is 42.5 Å². The van der Waals surface area contributed by atoms with E-state index in [-0.39, 0.29) is 5.91 Å². The van der Waals surface area contributed by atoms with Gasteiger partial charge in [0.1, 0.15) is 6.54 Å². The van der Waals surface area contributed by atoms with Crippen LogP contribution < -0.4 is 10.2 Å². The SMILES string of the molecule is CCOC(=O)c1ccccc1NC(=O)C[NH+](CC)Cc1cccs1. The number of nitrogens with one attached hydrogen (secondary N) is 2. The maximum Gasteiger partial charge on any atom is 0.340 e. The minimum Gasteiger partial charge on any atom is -0.462 e. The van der Waals surface area contributed by atoms with Gasteiger partial charge >= 0.3 is 5.97 Å². The molecule has 128 valence electrons. The average molecular weight is 347 g/mol. The fourth-order valence-electron chi connectivity index (χ4n) is 2.37. The third kappa shape index (κ3) is 5.18. The first-order valence-electron chi connectivity index (χ1n) is 8.06. The molecule has 5 nitrogen and oxygen atoms in total. The number of carbonyl (C=O) groups is 2. The van der Waals surface area contributed by atoms with Crippen LogP contribution in [0.2, 0.25) is 0 Å². The van der Waals surface area contributed by atoms with E-state index >= 15 is 0 Å². The summed E-state index contributed by atoms with van der Waals surface area (Å²) in [6.07, 6.45) is 0. The molecule has 2 rings (SSSR count). The van der Waals surface area contributed by atoms with Crippen LogP contribution in [0.5, 0.6) is 0 Å². The van der Waals surface area contributed by atoms with Gasteiger partial charge in [0.15, 0.2) is 6.54 Å². The topological polar surface area (TPSA) is 59.8 Å². The standard InChI is InChI=1S/C18H22N2O3S/c1-3-20(12-14-8-7-11-24-14)13-17(21)19-16-10-6-5-9-15(16)18(22)23-4-2/h5-11H,3-4,12-13H2,1-2H3,(H,19,21)/p+1. The highest BCUT2D eigenvalue weighted by atomic mass is 32.1. The minimum absolute atomic E-state index is 0.111. The van der Waals surface area contributed by atoms with Gasteiger partial charge in [-0.3, -0.25) is 4.79 Å². The molecule has 0 fully saturated rings. The molecule has 0 radical (unpaired) electrons. The van der Waals surface area contributed by atoms with Gasteiger partial charge in [-0.05, 0) is 37.4 Å². The van der Waals surface area contributed by atoms with Gasteiger partial charge in [0, 0.05) is 0 Å². The van der Waals surface area contributed by atoms with E-state index in [1.165, 1.54) is 9.78 Å². The van der Waals surface area contributed by atoms with E-state index in [0.29, 0.717) is 24.4 Å². The number of benzene rings is 1. The highest BCUT2D eigenvalue weighted by Gasteiger charge is 2.17. The summed E-state index contributed by atoms with van der Waals surface area (Å²) in [7, 11) is 0. The summed E-state index contributed by atoms with van der Waals surface area (Å²) >= 11 is 1.70. The first-order valence-corrected chi connectivity index (χ1v) is 8.94. The molecule has 2 N–H and O–H groups in total. The minimum atomic E-state index is -0.424. The molecule has 0 saturated heterocycles. The van der Waals surface area contributed by atoms with Crippen LogP contribution in [0.4, 0.5) is 5.69 Å². The number of thiophene rings is 1. The monoisotopic (exact) mass is 347 g/mol. The summed E-state index contributed by atoms with van der Waals surface area (Å²) in [6, 6.07) is 11.0. The third-order valence-corrected chi connectivity index (χ3v) is 4.49. The molecular weight excluding hydrogens is 324 g/mol. The number of carbonyl (C=O) groups excluding carboxylic acids is 2. The largest absolute Gasteiger partial charge is 0.462 e. The Morgan fingerprint density at radius 1 is 1.17 bits per heavy atom. The van der Waals surface area contributed by atoms with E-state index in [0.717, 1.165) is 13.1 Å². The van der Waals surface area contributed by atoms with Gasteiger partial charge in [-0.15, -0.1) is 11.3 Å². The molecule has 24 heavy (non-hydrogen) atoms. The maximum absolute atomic E-state index is 12.4. The van der Waals surface area contributed by atoms with Crippen LogP contribution in [0.15, 0.2) is 41.8 Å². The number of esters is 1. The van der Waals surface area contributed by atoms with Gasteiger partial charge in [-0.25, -0.2) is 4.79 Å². The van der Waals surface area contributed by atoms with Crippen molar-refractivity contribution in [1.29, 1.82) is 0 Å². The number of rotatable bonds is 8. The van der Waals surface area contributed by atoms with Crippen molar-refractivity contribution in [2.75, 3.05) is 25.0 Å². The quantitative estimate of drug-likeness (QED) is 0.718. The summed E-state index contributed by atoms with van der Waals surface area (Å²) in [6.45, 7) is 6.14. The van der Waals surface area contributed by atoms with Gasteiger partial charge in [0.25, 0.3) is 5.91 Å². The van der Waals surface area contributed by atoms with Crippen molar-refractivity contribution < 1.29 is 19.2 Å². The molecule has 2 aromatic rings. The van der Waals surface area contributed by atoms with Crippen molar-refractivity contribution in [3.05, 3.63) is 52.2 Å². The smallest absolute Gasteiger partial charge is 0.340 e. The van der Waals surface area contributed by atoms with Crippen molar-refractivity contribution in [1.82, 2.24) is 0 Å². The zero-order valence-electron chi connectivity index (χ0n) is 14.0. The fraction of sp³-hybridized carbons (Fsp3) is 0.333. The van der Waals surface area contributed by atoms with Gasteiger partial charge in [0.2, 0.25) is 0 Å². The van der Waals surface area contributed by atoms with Gasteiger partial charge in [-0.2, -0.15) is 0 Å². The molecular formula is C18H23N2O3S+. The fourth-order valence-corrected chi connectivity index (χ4v) is 3.15. The highest BCUT2D eigenvalue weighted by Crippen LogP contribution is 2.16. The van der Waals surface area contributed by atoms with Gasteiger partial charge < -0.3 is 15.0 Å². The predicted octanol–water partition coefficient (Wildman–Crippen LogP) is 1.97. The average Bonchev–Trinajstić information content (AvgIpc) is 3.08. The zero-order chi connectivity index (χ0) is 17.4. The number of ether oxygens (including phenoxy) is 1. The molecule has 1 unspecified atom stereocenters. The Hall–Kier alpha value is -2.18. The molecule has 0 aliphatic rings. The number of anilines is 1. The van der Waals surface area contributed by atoms with Gasteiger partial charge in [-0.1, -0.05) is 18.2 Å². The molecule has 1 aromatic heterocycles. The second-order valence-electron chi connectivity index (χ2n) is 5.35. The second kappa shape index (κ2) is 9.20. The predicted molar refractivity (Wildman–Crippen MR) is 95.4 cm³/mol. The van der Waals surface area contributed by atoms with Gasteiger partial charge in [0.05, 0.1) is 29.3 Å². The summed E-state index contributed by atoms with van der Waals surface area (Å²) in [5, 5.41) is 4.88. The Balaban J connectivity index is 2.00. The van der Waals surface area contributed by atoms with Crippen molar-refractivity contribution >= 4 is 28.9 Å². The zero-order valence-corrected chi connectivity index (χ0v) is 14.8. The number of hydrogen-bond donors (Lipinski definition) is 2. The normalized spacial score (nSPS) is 11.8. The summed E-state index contributed by atoms with van der Waals surface area (Å²) < 4.78 is 5.03. The first-order chi connectivity index (χ1) is 11.6. The molecule has 0 saturated carbocycles. The van der Waals surface area contributed by atoms with E-state index in [2.05, 4.69) is 18.3 Å². The maximum atomic E-state index is 12.4. The number of hydrogen-bond acceptors (Lipinski definition) is 4. The van der Waals surface area contributed by atoms with Crippen LogP contribution in [-0.2, 0) is 16.1 Å². The number of para-hydroxylation sites is 1. The molecule has 1 atom stereocenters. The molecule has 0 aliphatic heterocycles. The Kier molecular flexibility index (Phi) is 6.96. The molecule has 1 amide bonds. The lowest BCUT2D eigenvalue weighted by Crippen LogP contribution is -3.11. The van der Waals surface area contributed by atoms with Crippen molar-refractivity contribution in [2.24, 2.45) is 0 Å². The molecule has 0 bridgehead atoms. The Bertz CT molecular complexity index is 671. The lowest BCUT2D eigenvalue weighted by atomic mass is 10.2. The number of likely N-dealkylation sites (N-methyl/N-ethyl adjacent to an activating group) is 1. The third-order valence-electron chi connectivity index (χ3n) is 3.61. The van der Waals surface area contributed by atoms with Crippen molar-refractivity contribution in [3.8, 4) is 0 Å². The van der Waals surface area contributed by atoms with Crippen molar-refractivity contribution in [2.45, 2.75) is 20.4 Å². The van der Waals surface area contributed by atoms with Crippen LogP contribution in [0, 0.1) is 0 Å². The van der Waals surface area contributed by atoms with Crippen LogP contribution in [0.3, 0.4) is 0 Å². The Labute approximate surface area is 146 Å². The molecule has 1 aromatic carbocycles. The van der Waals surface area contributed by atoms with Crippen molar-refractivity contribution in [3.63, 3.8) is 0 Å². The second-order valence-corrected chi connectivity index (χ2v) is 6.38. The van der Waals surface area contributed by atoms with E-state index in [9.17, 15) is 9.59 Å². The van der Waals surface area contributed by atoms with E-state index in [4.69, 9.17) is 4.74 Å². The summed E-state index contributed by atoms with van der Waals surface area (Å²) in [4.78, 5) is 26.7. The molecule has 1 heterocycles.